The third-order valence-electron chi connectivity index (χ3n) is 4.52. The Labute approximate surface area is 99.5 Å². The molecule has 0 fully saturated rings. The summed E-state index contributed by atoms with van der Waals surface area (Å²) in [6.45, 7) is 12.9. The summed E-state index contributed by atoms with van der Waals surface area (Å²) in [5.74, 6) is 0. The molecule has 0 aliphatic carbocycles. The van der Waals surface area contributed by atoms with Crippen LogP contribution in [0.5, 0.6) is 0 Å². The zero-order valence-electron chi connectivity index (χ0n) is 11.2. The largest absolute Gasteiger partial charge is 0.365 e. The van der Waals surface area contributed by atoms with Crippen LogP contribution in [-0.2, 0) is 5.41 Å². The molecule has 1 aromatic carbocycles. The van der Waals surface area contributed by atoms with Gasteiger partial charge in [-0.05, 0) is 31.9 Å². The van der Waals surface area contributed by atoms with Crippen molar-refractivity contribution in [2.75, 3.05) is 11.4 Å². The molecule has 1 aliphatic rings. The first kappa shape index (κ1) is 11.5. The minimum atomic E-state index is 0.201. The first-order valence-corrected chi connectivity index (χ1v) is 6.30. The van der Waals surface area contributed by atoms with Crippen LogP contribution in [0, 0.1) is 0 Å². The summed E-state index contributed by atoms with van der Waals surface area (Å²) >= 11 is 0. The van der Waals surface area contributed by atoms with Crippen LogP contribution >= 0.6 is 0 Å². The molecule has 0 saturated carbocycles. The Balaban J connectivity index is 2.57. The molecule has 88 valence electrons. The Morgan fingerprint density at radius 3 is 2.31 bits per heavy atom. The van der Waals surface area contributed by atoms with Crippen LogP contribution in [0.25, 0.3) is 0 Å². The van der Waals surface area contributed by atoms with E-state index in [-0.39, 0.29) is 11.0 Å². The van der Waals surface area contributed by atoms with E-state index in [1.54, 1.807) is 0 Å². The van der Waals surface area contributed by atoms with E-state index in [4.69, 9.17) is 0 Å². The van der Waals surface area contributed by atoms with Gasteiger partial charge in [0.2, 0.25) is 0 Å². The highest BCUT2D eigenvalue weighted by Crippen LogP contribution is 2.51. The van der Waals surface area contributed by atoms with Gasteiger partial charge in [-0.15, -0.1) is 0 Å². The van der Waals surface area contributed by atoms with Crippen LogP contribution in [0.1, 0.15) is 46.6 Å². The van der Waals surface area contributed by atoms with Gasteiger partial charge < -0.3 is 4.90 Å². The van der Waals surface area contributed by atoms with Crippen LogP contribution in [0.3, 0.4) is 0 Å². The summed E-state index contributed by atoms with van der Waals surface area (Å²) in [6.07, 6.45) is 1.20. The van der Waals surface area contributed by atoms with Gasteiger partial charge in [0.25, 0.3) is 0 Å². The van der Waals surface area contributed by atoms with Crippen LogP contribution in [0.15, 0.2) is 24.3 Å². The first-order chi connectivity index (χ1) is 7.43. The number of nitrogens with zero attached hydrogens (tertiary/aromatic N) is 1. The highest BCUT2D eigenvalue weighted by molar-refractivity contribution is 5.65. The number of hydrogen-bond donors (Lipinski definition) is 0. The second-order valence-corrected chi connectivity index (χ2v) is 5.85. The quantitative estimate of drug-likeness (QED) is 0.724. The molecule has 0 spiro atoms. The van der Waals surface area contributed by atoms with Gasteiger partial charge in [0.05, 0.1) is 0 Å². The van der Waals surface area contributed by atoms with E-state index < -0.39 is 0 Å². The molecular formula is C15H23N. The molecule has 0 amide bonds. The number of benzene rings is 1. The van der Waals surface area contributed by atoms with Crippen molar-refractivity contribution < 1.29 is 0 Å². The van der Waals surface area contributed by atoms with Gasteiger partial charge in [-0.1, -0.05) is 39.0 Å². The topological polar surface area (TPSA) is 3.24 Å². The fraction of sp³-hybridized carbons (Fsp3) is 0.600. The molecule has 1 aliphatic heterocycles. The summed E-state index contributed by atoms with van der Waals surface area (Å²) in [7, 11) is 0. The van der Waals surface area contributed by atoms with E-state index in [0.717, 1.165) is 6.54 Å². The van der Waals surface area contributed by atoms with E-state index in [1.807, 2.05) is 0 Å². The lowest BCUT2D eigenvalue weighted by atomic mass is 9.72. The summed E-state index contributed by atoms with van der Waals surface area (Å²) in [5.41, 5.74) is 3.35. The van der Waals surface area contributed by atoms with Crippen LogP contribution in [0.4, 0.5) is 5.69 Å². The molecule has 0 bridgehead atoms. The monoisotopic (exact) mass is 217 g/mol. The molecule has 0 saturated heterocycles. The average Bonchev–Trinajstić information content (AvgIpc) is 2.38. The van der Waals surface area contributed by atoms with E-state index >= 15 is 0 Å². The van der Waals surface area contributed by atoms with Crippen molar-refractivity contribution in [3.63, 3.8) is 0 Å². The Morgan fingerprint density at radius 1 is 1.06 bits per heavy atom. The Bertz CT molecular complexity index is 390. The van der Waals surface area contributed by atoms with Gasteiger partial charge in [0, 0.05) is 23.2 Å². The molecule has 16 heavy (non-hydrogen) atoms. The van der Waals surface area contributed by atoms with Crippen molar-refractivity contribution >= 4 is 5.69 Å². The molecule has 0 atom stereocenters. The van der Waals surface area contributed by atoms with Gasteiger partial charge in [-0.3, -0.25) is 0 Å². The normalized spacial score (nSPS) is 20.9. The fourth-order valence-corrected chi connectivity index (χ4v) is 2.83. The average molecular weight is 217 g/mol. The lowest BCUT2D eigenvalue weighted by Gasteiger charge is -2.42. The van der Waals surface area contributed by atoms with Crippen molar-refractivity contribution in [3.05, 3.63) is 29.8 Å². The number of para-hydroxylation sites is 1. The predicted octanol–water partition coefficient (Wildman–Crippen LogP) is 3.97. The molecule has 1 nitrogen and oxygen atoms in total. The maximum absolute atomic E-state index is 2.57. The van der Waals surface area contributed by atoms with Gasteiger partial charge in [-0.25, -0.2) is 0 Å². The van der Waals surface area contributed by atoms with Crippen LogP contribution < -0.4 is 4.90 Å². The fourth-order valence-electron chi connectivity index (χ4n) is 2.83. The molecule has 1 aromatic rings. The van der Waals surface area contributed by atoms with Gasteiger partial charge in [0.1, 0.15) is 0 Å². The van der Waals surface area contributed by atoms with Crippen molar-refractivity contribution in [2.24, 2.45) is 0 Å². The van der Waals surface area contributed by atoms with Crippen molar-refractivity contribution in [3.8, 4) is 0 Å². The second-order valence-electron chi connectivity index (χ2n) is 5.85. The Morgan fingerprint density at radius 2 is 1.69 bits per heavy atom. The lowest BCUT2D eigenvalue weighted by Crippen LogP contribution is -2.51. The molecule has 2 rings (SSSR count). The Hall–Kier alpha value is -0.980. The molecule has 0 N–H and O–H groups in total. The first-order valence-electron chi connectivity index (χ1n) is 6.30. The number of anilines is 1. The van der Waals surface area contributed by atoms with E-state index in [2.05, 4.69) is 63.8 Å². The predicted molar refractivity (Wildman–Crippen MR) is 71.2 cm³/mol. The minimum Gasteiger partial charge on any atom is -0.365 e. The summed E-state index contributed by atoms with van der Waals surface area (Å²) in [5, 5.41) is 0. The standard InChI is InChI=1S/C15H23N/c1-6-11-16-13-10-8-7-9-12(13)14(2,3)15(16,4)5/h7-10H,6,11H2,1-5H3. The summed E-state index contributed by atoms with van der Waals surface area (Å²) < 4.78 is 0. The van der Waals surface area contributed by atoms with E-state index in [0.29, 0.717) is 0 Å². The summed E-state index contributed by atoms with van der Waals surface area (Å²) in [4.78, 5) is 2.57. The number of hydrogen-bond acceptors (Lipinski definition) is 1. The van der Waals surface area contributed by atoms with Crippen LogP contribution in [0.2, 0.25) is 0 Å². The third kappa shape index (κ3) is 1.30. The molecular weight excluding hydrogens is 194 g/mol. The molecule has 1 heterocycles. The van der Waals surface area contributed by atoms with E-state index in [1.165, 1.54) is 17.7 Å². The van der Waals surface area contributed by atoms with Crippen molar-refractivity contribution in [2.45, 2.75) is 52.0 Å². The maximum Gasteiger partial charge on any atom is 0.0438 e. The Kier molecular flexibility index (Phi) is 2.52. The lowest BCUT2D eigenvalue weighted by molar-refractivity contribution is 0.311. The molecule has 0 radical (unpaired) electrons. The highest BCUT2D eigenvalue weighted by Gasteiger charge is 2.49. The number of rotatable bonds is 2. The SMILES string of the molecule is CCCN1c2ccccc2C(C)(C)C1(C)C. The second kappa shape index (κ2) is 3.51. The minimum absolute atomic E-state index is 0.201. The van der Waals surface area contributed by atoms with Gasteiger partial charge in [0.15, 0.2) is 0 Å². The van der Waals surface area contributed by atoms with Gasteiger partial charge >= 0.3 is 0 Å². The summed E-state index contributed by atoms with van der Waals surface area (Å²) in [6, 6.07) is 8.86. The van der Waals surface area contributed by atoms with Crippen LogP contribution in [-0.4, -0.2) is 12.1 Å². The maximum atomic E-state index is 2.57. The smallest absolute Gasteiger partial charge is 0.0438 e. The van der Waals surface area contributed by atoms with E-state index in [9.17, 15) is 0 Å². The molecule has 0 aromatic heterocycles. The zero-order valence-corrected chi connectivity index (χ0v) is 11.2. The molecule has 1 heteroatoms. The van der Waals surface area contributed by atoms with Crippen molar-refractivity contribution in [1.29, 1.82) is 0 Å². The number of fused-ring (bicyclic) bond motifs is 1. The highest BCUT2D eigenvalue weighted by atomic mass is 15.2. The van der Waals surface area contributed by atoms with Gasteiger partial charge in [-0.2, -0.15) is 0 Å². The zero-order chi connectivity index (χ0) is 12.0. The molecule has 0 unspecified atom stereocenters. The third-order valence-corrected chi connectivity index (χ3v) is 4.52. The van der Waals surface area contributed by atoms with Crippen molar-refractivity contribution in [1.82, 2.24) is 0 Å².